The molecule has 0 N–H and O–H groups in total. The van der Waals surface area contributed by atoms with Gasteiger partial charge in [-0.05, 0) is 125 Å². The van der Waals surface area contributed by atoms with Crippen molar-refractivity contribution in [3.05, 3.63) is 0 Å². The summed E-state index contributed by atoms with van der Waals surface area (Å²) in [5.41, 5.74) is 0. The van der Waals surface area contributed by atoms with Crippen molar-refractivity contribution in [2.24, 2.45) is 0 Å². The van der Waals surface area contributed by atoms with E-state index in [0.717, 1.165) is 0 Å². The largest absolute Gasteiger partial charge is 0.512 e. The predicted octanol–water partition coefficient (Wildman–Crippen LogP) is 12.0. The fraction of sp³-hybridized carbons (Fsp3) is 1.00. The Morgan fingerprint density at radius 2 is 0.227 bits per heavy atom. The Kier molecular flexibility index (Phi) is 64.1. The van der Waals surface area contributed by atoms with Gasteiger partial charge in [-0.15, -0.1) is 0 Å². The average Bonchev–Trinajstić information content (AvgIpc) is 3.36. The van der Waals surface area contributed by atoms with Crippen LogP contribution in [0.4, 0.5) is 0 Å². The highest BCUT2D eigenvalue weighted by Crippen LogP contribution is 2.33. The molecule has 0 aromatic rings. The molecule has 0 saturated heterocycles. The SMILES string of the molecule is CCC.CCO[Si](CSSC[Si](OCC)(OCC)OCC)(OCC)OCC.CCO[Si](CSSC[Si](OCC)(OCC)OCC)(OCC)OCC.CCO[Si](CSSC[Si](OCC)(OCC)OCC)(OCC)OCC. The van der Waals surface area contributed by atoms with E-state index in [9.17, 15) is 0 Å². The fourth-order valence-corrected chi connectivity index (χ4v) is 39.3. The Morgan fingerprint density at radius 3 is 0.280 bits per heavy atom. The molecule has 18 nitrogen and oxygen atoms in total. The lowest BCUT2D eigenvalue weighted by Gasteiger charge is -2.29. The van der Waals surface area contributed by atoms with Crippen LogP contribution in [0.1, 0.15) is 145 Å². The molecule has 0 aromatic heterocycles. The highest BCUT2D eigenvalue weighted by atomic mass is 33.1. The second-order valence-electron chi connectivity index (χ2n) is 14.2. The van der Waals surface area contributed by atoms with Gasteiger partial charge in [-0.2, -0.15) is 0 Å². The summed E-state index contributed by atoms with van der Waals surface area (Å²) in [5.74, 6) is 0. The van der Waals surface area contributed by atoms with Crippen molar-refractivity contribution in [1.82, 2.24) is 0 Å². The molecule has 0 saturated carbocycles. The first-order valence-electron chi connectivity index (χ1n) is 27.4. The molecule has 458 valence electrons. The van der Waals surface area contributed by atoms with Crippen molar-refractivity contribution >= 4 is 118 Å². The standard InChI is InChI=1S/3C14H34O6S2Si2.C3H8/c3*1-7-15-23(16-8-2,17-9-3)13-21-22-14-24(18-10-4,19-11-5)20-12-6;1-3-2/h3*7-14H2,1-6H3;3H2,1-2H3. The van der Waals surface area contributed by atoms with Crippen molar-refractivity contribution in [3.8, 4) is 0 Å². The van der Waals surface area contributed by atoms with Gasteiger partial charge < -0.3 is 79.7 Å². The molecule has 0 bridgehead atoms. The van der Waals surface area contributed by atoms with Crippen molar-refractivity contribution < 1.29 is 79.7 Å². The van der Waals surface area contributed by atoms with E-state index < -0.39 is 52.8 Å². The summed E-state index contributed by atoms with van der Waals surface area (Å²) in [5, 5.41) is 4.18. The van der Waals surface area contributed by atoms with Gasteiger partial charge in [0.15, 0.2) is 0 Å². The highest BCUT2D eigenvalue weighted by Gasteiger charge is 2.46. The van der Waals surface area contributed by atoms with Crippen LogP contribution in [-0.4, -0.2) is 204 Å². The summed E-state index contributed by atoms with van der Waals surface area (Å²) < 4.78 is 106. The van der Waals surface area contributed by atoms with Gasteiger partial charge in [0, 0.05) is 119 Å². The Morgan fingerprint density at radius 1 is 0.160 bits per heavy atom. The van der Waals surface area contributed by atoms with Gasteiger partial charge in [0.25, 0.3) is 0 Å². The highest BCUT2D eigenvalue weighted by molar-refractivity contribution is 8.78. The second kappa shape index (κ2) is 57.1. The summed E-state index contributed by atoms with van der Waals surface area (Å²) in [6.45, 7) is 50.3. The molecule has 0 heterocycles. The van der Waals surface area contributed by atoms with Crippen molar-refractivity contribution in [1.29, 1.82) is 0 Å². The van der Waals surface area contributed by atoms with Gasteiger partial charge in [-0.1, -0.05) is 85.0 Å². The zero-order valence-corrected chi connectivity index (χ0v) is 61.4. The smallest absolute Gasteiger partial charge is 0.373 e. The topological polar surface area (TPSA) is 166 Å². The second-order valence-corrected chi connectivity index (χ2v) is 40.1. The van der Waals surface area contributed by atoms with Gasteiger partial charge in [-0.25, -0.2) is 0 Å². The van der Waals surface area contributed by atoms with Crippen molar-refractivity contribution in [2.75, 3.05) is 151 Å². The molecule has 75 heavy (non-hydrogen) atoms. The molecule has 0 atom stereocenters. The zero-order chi connectivity index (χ0) is 57.6. The van der Waals surface area contributed by atoms with Gasteiger partial charge in [0.05, 0.1) is 32.3 Å². The number of hydrogen-bond acceptors (Lipinski definition) is 24. The Bertz CT molecular complexity index is 872. The molecule has 0 radical (unpaired) electrons. The summed E-state index contributed by atoms with van der Waals surface area (Å²) in [4.78, 5) is 0. The summed E-state index contributed by atoms with van der Waals surface area (Å²) in [7, 11) is -5.58. The average molecular weight is 1300 g/mol. The van der Waals surface area contributed by atoms with Crippen molar-refractivity contribution in [2.45, 2.75) is 145 Å². The summed E-state index contributed by atoms with van der Waals surface area (Å²) in [6.07, 6.45) is 1.25. The van der Waals surface area contributed by atoms with Crippen LogP contribution in [0.3, 0.4) is 0 Å². The minimum atomic E-state index is -2.61. The third-order valence-electron chi connectivity index (χ3n) is 8.22. The molecule has 30 heteroatoms. The van der Waals surface area contributed by atoms with Gasteiger partial charge in [-0.3, -0.25) is 0 Å². The Hall–Kier alpha value is 2.68. The van der Waals surface area contributed by atoms with E-state index in [4.69, 9.17) is 79.7 Å². The zero-order valence-electron chi connectivity index (χ0n) is 50.5. The van der Waals surface area contributed by atoms with E-state index in [1.165, 1.54) is 6.42 Å². The Labute approximate surface area is 489 Å². The van der Waals surface area contributed by atoms with Crippen molar-refractivity contribution in [3.63, 3.8) is 0 Å². The minimum Gasteiger partial charge on any atom is -0.373 e. The van der Waals surface area contributed by atoms with Crippen LogP contribution < -0.4 is 0 Å². The van der Waals surface area contributed by atoms with Crippen LogP contribution in [0, 0.1) is 0 Å². The fourth-order valence-electron chi connectivity index (χ4n) is 6.14. The van der Waals surface area contributed by atoms with Crippen LogP contribution in [-0.2, 0) is 79.7 Å². The van der Waals surface area contributed by atoms with E-state index in [1.807, 2.05) is 125 Å². The third-order valence-corrected chi connectivity index (χ3v) is 41.0. The molecule has 0 aliphatic carbocycles. The Balaban J connectivity index is -0.000000490. The molecule has 0 fully saturated rings. The molecule has 0 aliphatic heterocycles. The maximum atomic E-state index is 5.86. The molecule has 0 amide bonds. The molecular formula is C45H110O18S6Si6. The molecule has 0 rings (SSSR count). The van der Waals surface area contributed by atoms with Gasteiger partial charge >= 0.3 is 52.8 Å². The molecule has 0 aliphatic rings. The lowest BCUT2D eigenvalue weighted by atomic mass is 10.6. The molecular weight excluding hydrogens is 1190 g/mol. The van der Waals surface area contributed by atoms with E-state index in [1.54, 1.807) is 64.8 Å². The monoisotopic (exact) mass is 1300 g/mol. The normalized spacial score (nSPS) is 12.5. The molecule has 0 unspecified atom stereocenters. The maximum Gasteiger partial charge on any atom is 0.512 e. The van der Waals surface area contributed by atoms with E-state index in [0.29, 0.717) is 151 Å². The first-order chi connectivity index (χ1) is 36.1. The van der Waals surface area contributed by atoms with Gasteiger partial charge in [0.2, 0.25) is 0 Å². The predicted molar refractivity (Wildman–Crippen MR) is 335 cm³/mol. The first-order valence-corrected chi connectivity index (χ1v) is 46.4. The number of rotatable bonds is 51. The van der Waals surface area contributed by atoms with E-state index in [-0.39, 0.29) is 0 Å². The minimum absolute atomic E-state index is 0.590. The maximum absolute atomic E-state index is 5.86. The van der Waals surface area contributed by atoms with E-state index >= 15 is 0 Å². The molecule has 0 spiro atoms. The van der Waals surface area contributed by atoms with Crippen LogP contribution in [0.2, 0.25) is 0 Å². The van der Waals surface area contributed by atoms with Crippen LogP contribution in [0.25, 0.3) is 0 Å². The molecule has 0 aromatic carbocycles. The van der Waals surface area contributed by atoms with Crippen LogP contribution in [0.15, 0.2) is 0 Å². The third kappa shape index (κ3) is 41.4. The quantitative estimate of drug-likeness (QED) is 0.0320. The lowest BCUT2D eigenvalue weighted by molar-refractivity contribution is 0.0763. The summed E-state index contributed by atoms with van der Waals surface area (Å²) in [6, 6.07) is 0. The first kappa shape index (κ1) is 84.1. The summed E-state index contributed by atoms with van der Waals surface area (Å²) >= 11 is 0. The van der Waals surface area contributed by atoms with Gasteiger partial charge in [0.1, 0.15) is 0 Å². The number of hydrogen-bond donors (Lipinski definition) is 0. The lowest BCUT2D eigenvalue weighted by Crippen LogP contribution is -2.50. The van der Waals surface area contributed by atoms with Crippen LogP contribution >= 0.6 is 64.8 Å². The van der Waals surface area contributed by atoms with E-state index in [2.05, 4.69) is 13.8 Å². The van der Waals surface area contributed by atoms with Crippen LogP contribution in [0.5, 0.6) is 0 Å².